The second-order valence-electron chi connectivity index (χ2n) is 10.2. The number of carbonyl (C=O) groups is 1. The van der Waals surface area contributed by atoms with Crippen LogP contribution >= 0.6 is 11.6 Å². The summed E-state index contributed by atoms with van der Waals surface area (Å²) in [5.74, 6) is -0.875. The minimum absolute atomic E-state index is 0.00766. The van der Waals surface area contributed by atoms with E-state index in [9.17, 15) is 13.2 Å². The number of methoxy groups -OCH3 is 3. The number of rotatable bonds is 10. The first-order valence-electron chi connectivity index (χ1n) is 13.6. The van der Waals surface area contributed by atoms with Crippen LogP contribution in [0.4, 0.5) is 10.1 Å². The minimum atomic E-state index is -4.58. The first kappa shape index (κ1) is 30.1. The van der Waals surface area contributed by atoms with E-state index >= 15 is 4.39 Å². The van der Waals surface area contributed by atoms with Gasteiger partial charge in [0.25, 0.3) is 15.9 Å². The maximum absolute atomic E-state index is 15.7. The summed E-state index contributed by atoms with van der Waals surface area (Å²) in [7, 11) is -0.408. The van der Waals surface area contributed by atoms with Crippen molar-refractivity contribution < 1.29 is 31.8 Å². The third kappa shape index (κ3) is 5.08. The second kappa shape index (κ2) is 12.1. The largest absolute Gasteiger partial charge is 0.497 e. The van der Waals surface area contributed by atoms with E-state index in [1.165, 1.54) is 69.9 Å². The van der Waals surface area contributed by atoms with Gasteiger partial charge in [-0.1, -0.05) is 29.8 Å². The minimum Gasteiger partial charge on any atom is -0.497 e. The van der Waals surface area contributed by atoms with Crippen molar-refractivity contribution in [3.8, 4) is 17.2 Å². The first-order chi connectivity index (χ1) is 20.2. The molecular weight excluding hydrogens is 585 g/mol. The Morgan fingerprint density at radius 3 is 2.33 bits per heavy atom. The second-order valence-corrected chi connectivity index (χ2v) is 12.3. The van der Waals surface area contributed by atoms with Crippen molar-refractivity contribution in [3.05, 3.63) is 76.6 Å². The molecule has 1 unspecified atom stereocenters. The lowest BCUT2D eigenvalue weighted by Crippen LogP contribution is -2.46. The van der Waals surface area contributed by atoms with Gasteiger partial charge in [-0.05, 0) is 49.2 Å². The molecule has 1 fully saturated rings. The number of amides is 1. The number of halogens is 2. The number of carbonyl (C=O) groups excluding carboxylic acids is 1. The van der Waals surface area contributed by atoms with Crippen LogP contribution in [0, 0.1) is 5.82 Å². The van der Waals surface area contributed by atoms with E-state index in [0.717, 1.165) is 30.5 Å². The topological polar surface area (TPSA) is 97.4 Å². The van der Waals surface area contributed by atoms with E-state index in [2.05, 4.69) is 10.2 Å². The highest BCUT2D eigenvalue weighted by molar-refractivity contribution is 7.93. The Morgan fingerprint density at radius 2 is 1.67 bits per heavy atom. The number of fused-ring (bicyclic) bond motifs is 1. The normalized spacial score (nSPS) is 19.1. The van der Waals surface area contributed by atoms with Crippen molar-refractivity contribution in [3.63, 3.8) is 0 Å². The molecule has 42 heavy (non-hydrogen) atoms. The highest BCUT2D eigenvalue weighted by Gasteiger charge is 2.57. The summed E-state index contributed by atoms with van der Waals surface area (Å²) < 4.78 is 61.3. The Bertz CT molecular complexity index is 1600. The van der Waals surface area contributed by atoms with Crippen molar-refractivity contribution in [1.29, 1.82) is 0 Å². The van der Waals surface area contributed by atoms with Crippen LogP contribution in [0.3, 0.4) is 0 Å². The Kier molecular flexibility index (Phi) is 8.66. The van der Waals surface area contributed by atoms with Crippen LogP contribution in [-0.4, -0.2) is 73.3 Å². The molecule has 2 heterocycles. The van der Waals surface area contributed by atoms with E-state index in [1.54, 1.807) is 6.07 Å². The maximum atomic E-state index is 15.7. The van der Waals surface area contributed by atoms with Crippen LogP contribution in [0.1, 0.15) is 24.0 Å². The monoisotopic (exact) mass is 617 g/mol. The first-order valence-corrected chi connectivity index (χ1v) is 15.4. The fraction of sp³-hybridized carbons (Fsp3) is 0.367. The zero-order valence-electron chi connectivity index (χ0n) is 23.7. The predicted octanol–water partition coefficient (Wildman–Crippen LogP) is 4.21. The van der Waals surface area contributed by atoms with Gasteiger partial charge in [0, 0.05) is 43.9 Å². The SMILES string of the molecule is COc1ccc(S(=O)(=O)N2C(=O)C(CCCN3CCNCC3)(c3ccccc3F)c3cc(Cl)c(OC)cc32)c(OC)c1. The molecule has 9 nitrogen and oxygen atoms in total. The molecule has 0 bridgehead atoms. The number of hydrogen-bond acceptors (Lipinski definition) is 8. The molecule has 1 N–H and O–H groups in total. The molecule has 0 aromatic heterocycles. The van der Waals surface area contributed by atoms with Gasteiger partial charge in [0.1, 0.15) is 33.4 Å². The van der Waals surface area contributed by atoms with Crippen LogP contribution in [0.15, 0.2) is 59.5 Å². The van der Waals surface area contributed by atoms with Crippen LogP contribution < -0.4 is 23.8 Å². The Hall–Kier alpha value is -3.38. The molecule has 0 aliphatic carbocycles. The molecule has 3 aromatic rings. The Balaban J connectivity index is 1.71. The molecule has 1 saturated heterocycles. The highest BCUT2D eigenvalue weighted by Crippen LogP contribution is 2.54. The van der Waals surface area contributed by atoms with E-state index in [1.807, 2.05) is 0 Å². The standard InChI is InChI=1S/C30H33ClFN3O6S/c1-39-20-9-10-28(27(17-20)41-3)42(37,38)35-25-19-26(40-2)23(31)18-22(25)30(29(35)36,21-7-4-5-8-24(21)32)11-6-14-34-15-12-33-13-16-34/h4-5,7-10,17-19,33H,6,11-16H2,1-3H3. The number of hydrogen-bond donors (Lipinski definition) is 1. The van der Waals surface area contributed by atoms with Crippen LogP contribution in [0.5, 0.6) is 17.2 Å². The third-order valence-electron chi connectivity index (χ3n) is 7.96. The lowest BCUT2D eigenvalue weighted by Gasteiger charge is -2.32. The van der Waals surface area contributed by atoms with Gasteiger partial charge in [0.2, 0.25) is 0 Å². The molecule has 3 aromatic carbocycles. The van der Waals surface area contributed by atoms with Gasteiger partial charge in [-0.15, -0.1) is 0 Å². The van der Waals surface area contributed by atoms with E-state index in [0.29, 0.717) is 24.3 Å². The number of nitrogens with one attached hydrogen (secondary N) is 1. The molecule has 0 saturated carbocycles. The van der Waals surface area contributed by atoms with Gasteiger partial charge in [-0.2, -0.15) is 0 Å². The quantitative estimate of drug-likeness (QED) is 0.361. The number of sulfonamides is 1. The summed E-state index contributed by atoms with van der Waals surface area (Å²) in [6.45, 7) is 4.05. The molecule has 0 spiro atoms. The molecule has 1 amide bonds. The van der Waals surface area contributed by atoms with Crippen LogP contribution in [0.2, 0.25) is 5.02 Å². The zero-order chi connectivity index (χ0) is 30.1. The highest BCUT2D eigenvalue weighted by atomic mass is 35.5. The number of benzene rings is 3. The number of nitrogens with zero attached hydrogens (tertiary/aromatic N) is 2. The summed E-state index contributed by atoms with van der Waals surface area (Å²) in [4.78, 5) is 16.8. The van der Waals surface area contributed by atoms with Crippen LogP contribution in [-0.2, 0) is 20.2 Å². The average Bonchev–Trinajstić information content (AvgIpc) is 3.24. The summed E-state index contributed by atoms with van der Waals surface area (Å²) in [5, 5.41) is 3.49. The Labute approximate surface area is 250 Å². The molecule has 12 heteroatoms. The van der Waals surface area contributed by atoms with Crippen molar-refractivity contribution in [2.45, 2.75) is 23.2 Å². The van der Waals surface area contributed by atoms with Crippen LogP contribution in [0.25, 0.3) is 0 Å². The third-order valence-corrected chi connectivity index (χ3v) is 9.99. The van der Waals surface area contributed by atoms with E-state index < -0.39 is 27.2 Å². The molecule has 1 atom stereocenters. The van der Waals surface area contributed by atoms with Crippen molar-refractivity contribution in [1.82, 2.24) is 10.2 Å². The van der Waals surface area contributed by atoms with Gasteiger partial charge in [-0.25, -0.2) is 17.1 Å². The summed E-state index contributed by atoms with van der Waals surface area (Å²) in [5.41, 5.74) is -1.25. The molecular formula is C30H33ClFN3O6S. The molecule has 2 aliphatic heterocycles. The van der Waals surface area contributed by atoms with Gasteiger partial charge in [0.15, 0.2) is 0 Å². The van der Waals surface area contributed by atoms with E-state index in [4.69, 9.17) is 25.8 Å². The number of piperazine rings is 1. The predicted molar refractivity (Wildman–Crippen MR) is 158 cm³/mol. The molecule has 224 valence electrons. The van der Waals surface area contributed by atoms with Crippen molar-refractivity contribution >= 4 is 33.2 Å². The summed E-state index contributed by atoms with van der Waals surface area (Å²) in [6.07, 6.45) is 0.654. The van der Waals surface area contributed by atoms with Gasteiger partial charge < -0.3 is 24.4 Å². The zero-order valence-corrected chi connectivity index (χ0v) is 25.2. The van der Waals surface area contributed by atoms with Gasteiger partial charge >= 0.3 is 0 Å². The summed E-state index contributed by atoms with van der Waals surface area (Å²) >= 11 is 6.58. The van der Waals surface area contributed by atoms with Gasteiger partial charge in [-0.3, -0.25) is 4.79 Å². The fourth-order valence-corrected chi connectivity index (χ4v) is 7.74. The van der Waals surface area contributed by atoms with Crippen molar-refractivity contribution in [2.24, 2.45) is 0 Å². The fourth-order valence-electron chi connectivity index (χ4n) is 5.88. The number of ether oxygens (including phenoxy) is 3. The molecule has 2 aliphatic rings. The average molecular weight is 618 g/mol. The van der Waals surface area contributed by atoms with Gasteiger partial charge in [0.05, 0.1) is 32.0 Å². The molecule has 0 radical (unpaired) electrons. The number of anilines is 1. The lowest BCUT2D eigenvalue weighted by molar-refractivity contribution is -0.121. The molecule has 5 rings (SSSR count). The lowest BCUT2D eigenvalue weighted by atomic mass is 9.72. The smallest absolute Gasteiger partial charge is 0.274 e. The summed E-state index contributed by atoms with van der Waals surface area (Å²) in [6, 6.07) is 13.1. The van der Waals surface area contributed by atoms with E-state index in [-0.39, 0.29) is 39.1 Å². The maximum Gasteiger partial charge on any atom is 0.274 e. The Morgan fingerprint density at radius 1 is 0.952 bits per heavy atom. The van der Waals surface area contributed by atoms with Crippen molar-refractivity contribution in [2.75, 3.05) is 58.4 Å².